The van der Waals surface area contributed by atoms with Gasteiger partial charge in [0.15, 0.2) is 11.2 Å². The van der Waals surface area contributed by atoms with Gasteiger partial charge in [-0.15, -0.1) is 5.10 Å². The van der Waals surface area contributed by atoms with Crippen LogP contribution in [0.5, 0.6) is 0 Å². The summed E-state index contributed by atoms with van der Waals surface area (Å²) in [6.07, 6.45) is 3.35. The molecule has 0 saturated heterocycles. The van der Waals surface area contributed by atoms with Gasteiger partial charge >= 0.3 is 5.97 Å². The number of hydrogen-bond acceptors (Lipinski definition) is 7. The Labute approximate surface area is 169 Å². The van der Waals surface area contributed by atoms with E-state index in [1.807, 2.05) is 24.3 Å². The van der Waals surface area contributed by atoms with E-state index < -0.39 is 16.4 Å². The van der Waals surface area contributed by atoms with Gasteiger partial charge in [0.25, 0.3) is 5.69 Å². The molecule has 0 radical (unpaired) electrons. The number of nitrogens with one attached hydrogen (secondary N) is 2. The number of carbonyl (C=O) groups is 1. The fraction of sp³-hybridized carbons (Fsp3) is 0.0952. The molecule has 1 atom stereocenters. The van der Waals surface area contributed by atoms with Crippen molar-refractivity contribution in [2.75, 3.05) is 12.4 Å². The predicted octanol–water partition coefficient (Wildman–Crippen LogP) is 3.38. The number of non-ortho nitro benzene ring substituents is 1. The van der Waals surface area contributed by atoms with E-state index in [9.17, 15) is 14.9 Å². The number of fused-ring (bicyclic) bond motifs is 2. The van der Waals surface area contributed by atoms with E-state index in [-0.39, 0.29) is 5.69 Å². The van der Waals surface area contributed by atoms with E-state index >= 15 is 0 Å². The van der Waals surface area contributed by atoms with Crippen molar-refractivity contribution in [2.24, 2.45) is 0 Å². The van der Waals surface area contributed by atoms with Crippen LogP contribution in [-0.4, -0.2) is 33.2 Å². The molecule has 2 aromatic carbocycles. The summed E-state index contributed by atoms with van der Waals surface area (Å²) < 4.78 is 5.23. The zero-order valence-electron chi connectivity index (χ0n) is 15.7. The van der Waals surface area contributed by atoms with Crippen LogP contribution < -0.4 is 5.32 Å². The maximum absolute atomic E-state index is 13.3. The molecule has 0 aliphatic carbocycles. The number of rotatable bonds is 3. The maximum Gasteiger partial charge on any atom is 0.341 e. The lowest BCUT2D eigenvalue weighted by atomic mass is 9.82. The van der Waals surface area contributed by atoms with Crippen molar-refractivity contribution in [3.8, 4) is 11.1 Å². The Morgan fingerprint density at radius 1 is 1.13 bits per heavy atom. The monoisotopic (exact) mass is 401 g/mol. The molecule has 1 unspecified atom stereocenters. The van der Waals surface area contributed by atoms with Crippen molar-refractivity contribution >= 4 is 28.4 Å². The molecular weight excluding hydrogens is 386 g/mol. The molecule has 1 aliphatic rings. The van der Waals surface area contributed by atoms with Crippen LogP contribution in [-0.2, 0) is 15.1 Å². The van der Waals surface area contributed by atoms with Gasteiger partial charge in [0.1, 0.15) is 0 Å². The van der Waals surface area contributed by atoms with Crippen LogP contribution in [0.25, 0.3) is 22.2 Å². The smallest absolute Gasteiger partial charge is 0.341 e. The lowest BCUT2D eigenvalue weighted by Crippen LogP contribution is -2.45. The minimum Gasteiger partial charge on any atom is -0.467 e. The minimum atomic E-state index is -1.45. The number of H-pyrrole nitrogens is 1. The molecular formula is C21H15N5O4. The highest BCUT2D eigenvalue weighted by Gasteiger charge is 2.47. The number of carbonyl (C=O) groups excluding carboxylic acids is 1. The molecule has 0 fully saturated rings. The van der Waals surface area contributed by atoms with E-state index in [4.69, 9.17) is 4.74 Å². The fourth-order valence-electron chi connectivity index (χ4n) is 4.06. The summed E-state index contributed by atoms with van der Waals surface area (Å²) >= 11 is 0. The molecule has 9 heteroatoms. The molecule has 2 N–H and O–H groups in total. The SMILES string of the molecule is COC(=O)C1(c2ccc([N+](=O)[O-])cc2)Nc2ccccc2-c2cnnc3[nH]cc1c23. The Morgan fingerprint density at radius 3 is 2.63 bits per heavy atom. The number of nitro groups is 1. The third-order valence-electron chi connectivity index (χ3n) is 5.42. The van der Waals surface area contributed by atoms with E-state index in [0.717, 1.165) is 16.5 Å². The van der Waals surface area contributed by atoms with Gasteiger partial charge in [-0.2, -0.15) is 5.10 Å². The summed E-state index contributed by atoms with van der Waals surface area (Å²) in [7, 11) is 1.31. The van der Waals surface area contributed by atoms with Gasteiger partial charge in [0, 0.05) is 46.1 Å². The summed E-state index contributed by atoms with van der Waals surface area (Å²) in [5.41, 5.74) is 2.46. The minimum absolute atomic E-state index is 0.0710. The molecule has 1 aliphatic heterocycles. The third kappa shape index (κ3) is 2.32. The van der Waals surface area contributed by atoms with Crippen molar-refractivity contribution in [1.29, 1.82) is 0 Å². The average Bonchev–Trinajstić information content (AvgIpc) is 3.16. The Balaban J connectivity index is 1.89. The number of hydrogen-bond donors (Lipinski definition) is 2. The zero-order valence-corrected chi connectivity index (χ0v) is 15.7. The molecule has 0 spiro atoms. The number of aromatic nitrogens is 3. The quantitative estimate of drug-likeness (QED) is 0.306. The Morgan fingerprint density at radius 2 is 1.90 bits per heavy atom. The zero-order chi connectivity index (χ0) is 20.9. The summed E-state index contributed by atoms with van der Waals surface area (Å²) in [6, 6.07) is 13.4. The number of ether oxygens (including phenoxy) is 1. The standard InChI is InChI=1S/C21H15N5O4/c1-30-20(27)21(12-6-8-13(9-7-12)26(28)29)16-11-22-19-18(16)15(10-23-25-19)14-4-2-3-5-17(14)24-21/h2-11,24H,1H3,(H,22,25). The van der Waals surface area contributed by atoms with Crippen LogP contribution in [0, 0.1) is 10.1 Å². The Kier molecular flexibility index (Phi) is 3.78. The Bertz CT molecular complexity index is 1310. The van der Waals surface area contributed by atoms with Crippen molar-refractivity contribution < 1.29 is 14.5 Å². The highest BCUT2D eigenvalue weighted by Crippen LogP contribution is 2.47. The summed E-state index contributed by atoms with van der Waals surface area (Å²) in [4.78, 5) is 27.1. The first-order valence-corrected chi connectivity index (χ1v) is 9.10. The van der Waals surface area contributed by atoms with Gasteiger partial charge in [-0.25, -0.2) is 4.79 Å². The van der Waals surface area contributed by atoms with Gasteiger partial charge in [-0.05, 0) is 23.8 Å². The highest BCUT2D eigenvalue weighted by molar-refractivity contribution is 6.06. The molecule has 30 heavy (non-hydrogen) atoms. The molecule has 4 aromatic rings. The molecule has 148 valence electrons. The number of para-hydroxylation sites is 1. The van der Waals surface area contributed by atoms with Crippen LogP contribution in [0.4, 0.5) is 11.4 Å². The number of aromatic amines is 1. The van der Waals surface area contributed by atoms with Crippen molar-refractivity contribution in [3.63, 3.8) is 0 Å². The van der Waals surface area contributed by atoms with Crippen molar-refractivity contribution in [2.45, 2.75) is 5.54 Å². The first kappa shape index (κ1) is 17.8. The van der Waals surface area contributed by atoms with E-state index in [1.54, 1.807) is 24.5 Å². The molecule has 0 amide bonds. The molecule has 9 nitrogen and oxygen atoms in total. The molecule has 2 aromatic heterocycles. The number of nitrogens with zero attached hydrogens (tertiary/aromatic N) is 3. The molecule has 3 heterocycles. The van der Waals surface area contributed by atoms with E-state index in [0.29, 0.717) is 22.5 Å². The second-order valence-corrected chi connectivity index (χ2v) is 6.90. The van der Waals surface area contributed by atoms with Crippen molar-refractivity contribution in [1.82, 2.24) is 15.2 Å². The van der Waals surface area contributed by atoms with Gasteiger partial charge in [0.2, 0.25) is 0 Å². The second kappa shape index (κ2) is 6.38. The van der Waals surface area contributed by atoms with Gasteiger partial charge in [0.05, 0.1) is 18.2 Å². The lowest BCUT2D eigenvalue weighted by molar-refractivity contribution is -0.384. The number of esters is 1. The molecule has 0 saturated carbocycles. The van der Waals surface area contributed by atoms with Crippen LogP contribution >= 0.6 is 0 Å². The van der Waals surface area contributed by atoms with E-state index in [1.165, 1.54) is 19.2 Å². The highest BCUT2D eigenvalue weighted by atomic mass is 16.6. The van der Waals surface area contributed by atoms with Crippen molar-refractivity contribution in [3.05, 3.63) is 82.2 Å². The van der Waals surface area contributed by atoms with Crippen LogP contribution in [0.3, 0.4) is 0 Å². The first-order chi connectivity index (χ1) is 14.6. The number of anilines is 1. The maximum atomic E-state index is 13.3. The molecule has 5 rings (SSSR count). The number of nitro benzene ring substituents is 1. The normalized spacial score (nSPS) is 17.0. The predicted molar refractivity (Wildman–Crippen MR) is 109 cm³/mol. The van der Waals surface area contributed by atoms with E-state index in [2.05, 4.69) is 20.5 Å². The van der Waals surface area contributed by atoms with Gasteiger partial charge < -0.3 is 15.0 Å². The second-order valence-electron chi connectivity index (χ2n) is 6.90. The average molecular weight is 401 g/mol. The third-order valence-corrected chi connectivity index (χ3v) is 5.42. The summed E-state index contributed by atoms with van der Waals surface area (Å²) in [5.74, 6) is -0.559. The number of benzene rings is 2. The Hall–Kier alpha value is -4.27. The number of methoxy groups -OCH3 is 1. The van der Waals surface area contributed by atoms with Gasteiger partial charge in [-0.1, -0.05) is 18.2 Å². The largest absolute Gasteiger partial charge is 0.467 e. The lowest BCUT2D eigenvalue weighted by Gasteiger charge is -2.32. The molecule has 0 bridgehead atoms. The topological polar surface area (TPSA) is 123 Å². The van der Waals surface area contributed by atoms with Crippen LogP contribution in [0.1, 0.15) is 11.1 Å². The first-order valence-electron chi connectivity index (χ1n) is 9.10. The van der Waals surface area contributed by atoms with Crippen LogP contribution in [0.15, 0.2) is 60.9 Å². The fourth-order valence-corrected chi connectivity index (χ4v) is 4.06. The van der Waals surface area contributed by atoms with Crippen LogP contribution in [0.2, 0.25) is 0 Å². The summed E-state index contributed by atoms with van der Waals surface area (Å²) in [6.45, 7) is 0. The summed E-state index contributed by atoms with van der Waals surface area (Å²) in [5, 5.41) is 23.5. The van der Waals surface area contributed by atoms with Gasteiger partial charge in [-0.3, -0.25) is 10.1 Å².